The summed E-state index contributed by atoms with van der Waals surface area (Å²) in [7, 11) is 0. The first kappa shape index (κ1) is 17.2. The second-order valence-electron chi connectivity index (χ2n) is 6.78. The molecule has 1 saturated carbocycles. The first-order valence-electron chi connectivity index (χ1n) is 8.68. The van der Waals surface area contributed by atoms with E-state index in [-0.39, 0.29) is 12.5 Å². The van der Waals surface area contributed by atoms with Gasteiger partial charge in [0.15, 0.2) is 0 Å². The minimum Gasteiger partial charge on any atom is -0.351 e. The zero-order valence-corrected chi connectivity index (χ0v) is 13.8. The van der Waals surface area contributed by atoms with Gasteiger partial charge in [0.25, 0.3) is 0 Å². The normalized spacial score (nSPS) is 27.6. The maximum Gasteiger partial charge on any atom is 0.392 e. The number of nitrogens with one attached hydrogen (secondary N) is 1. The fourth-order valence-corrected chi connectivity index (χ4v) is 3.91. The van der Waals surface area contributed by atoms with E-state index in [4.69, 9.17) is 0 Å². The zero-order valence-electron chi connectivity index (χ0n) is 13.8. The standard InChI is InChI=1S/C16H23F3N4O/c1-2-13-21-22-14-8-7-10(9-23(13)14)20-15(24)11-5-3-4-6-12(11)16(17,18)19/h10-12H,2-9H2,1H3,(H,20,24)/t10-,11+,12+/m1/s1. The number of carbonyl (C=O) groups excluding carboxylic acids is 1. The molecular weight excluding hydrogens is 321 g/mol. The quantitative estimate of drug-likeness (QED) is 0.917. The molecule has 1 fully saturated rings. The highest BCUT2D eigenvalue weighted by atomic mass is 19.4. The Labute approximate surface area is 139 Å². The fourth-order valence-electron chi connectivity index (χ4n) is 3.91. The van der Waals surface area contributed by atoms with E-state index in [1.807, 2.05) is 11.5 Å². The van der Waals surface area contributed by atoms with E-state index in [0.29, 0.717) is 38.6 Å². The highest BCUT2D eigenvalue weighted by molar-refractivity contribution is 5.79. The molecule has 1 N–H and O–H groups in total. The molecule has 3 atom stereocenters. The lowest BCUT2D eigenvalue weighted by molar-refractivity contribution is -0.198. The average Bonchev–Trinajstić information content (AvgIpc) is 2.96. The van der Waals surface area contributed by atoms with Gasteiger partial charge in [-0.15, -0.1) is 10.2 Å². The molecule has 2 aliphatic rings. The third kappa shape index (κ3) is 3.42. The lowest BCUT2D eigenvalue weighted by Gasteiger charge is -2.34. The Bertz CT molecular complexity index is 585. The van der Waals surface area contributed by atoms with Crippen LogP contribution in [-0.4, -0.2) is 32.9 Å². The van der Waals surface area contributed by atoms with E-state index >= 15 is 0 Å². The monoisotopic (exact) mass is 344 g/mol. The van der Waals surface area contributed by atoms with E-state index in [2.05, 4.69) is 15.5 Å². The number of fused-ring (bicyclic) bond motifs is 1. The van der Waals surface area contributed by atoms with Crippen LogP contribution in [0, 0.1) is 11.8 Å². The van der Waals surface area contributed by atoms with Crippen molar-refractivity contribution in [1.29, 1.82) is 0 Å². The lowest BCUT2D eigenvalue weighted by Crippen LogP contribution is -2.48. The number of hydrogen-bond acceptors (Lipinski definition) is 3. The van der Waals surface area contributed by atoms with Crippen LogP contribution in [0.4, 0.5) is 13.2 Å². The molecule has 134 valence electrons. The molecule has 0 radical (unpaired) electrons. The van der Waals surface area contributed by atoms with Crippen LogP contribution in [0.2, 0.25) is 0 Å². The SMILES string of the molecule is CCc1nnc2n1C[C@H](NC(=O)[C@H]1CCCC[C@@H]1C(F)(F)F)CC2. The van der Waals surface area contributed by atoms with Gasteiger partial charge in [0.1, 0.15) is 11.6 Å². The molecule has 24 heavy (non-hydrogen) atoms. The predicted molar refractivity (Wildman–Crippen MR) is 81.2 cm³/mol. The number of carbonyl (C=O) groups is 1. The van der Waals surface area contributed by atoms with Gasteiger partial charge in [-0.05, 0) is 19.3 Å². The van der Waals surface area contributed by atoms with E-state index in [9.17, 15) is 18.0 Å². The molecule has 1 amide bonds. The number of aromatic nitrogens is 3. The second-order valence-corrected chi connectivity index (χ2v) is 6.78. The summed E-state index contributed by atoms with van der Waals surface area (Å²) < 4.78 is 41.5. The topological polar surface area (TPSA) is 59.8 Å². The summed E-state index contributed by atoms with van der Waals surface area (Å²) >= 11 is 0. The van der Waals surface area contributed by atoms with Crippen LogP contribution in [0.1, 0.15) is 50.7 Å². The van der Waals surface area contributed by atoms with Gasteiger partial charge >= 0.3 is 6.18 Å². The summed E-state index contributed by atoms with van der Waals surface area (Å²) in [5.41, 5.74) is 0. The summed E-state index contributed by atoms with van der Waals surface area (Å²) in [6.07, 6.45) is -0.574. The van der Waals surface area contributed by atoms with Crippen molar-refractivity contribution in [3.05, 3.63) is 11.6 Å². The van der Waals surface area contributed by atoms with Crippen molar-refractivity contribution in [2.75, 3.05) is 0 Å². The van der Waals surface area contributed by atoms with E-state index in [1.165, 1.54) is 0 Å². The number of halogens is 3. The Morgan fingerprint density at radius 2 is 2.00 bits per heavy atom. The van der Waals surface area contributed by atoms with Crippen molar-refractivity contribution in [2.24, 2.45) is 11.8 Å². The van der Waals surface area contributed by atoms with E-state index in [0.717, 1.165) is 18.1 Å². The summed E-state index contributed by atoms with van der Waals surface area (Å²) in [5.74, 6) is -1.16. The van der Waals surface area contributed by atoms with E-state index < -0.39 is 23.9 Å². The van der Waals surface area contributed by atoms with Gasteiger partial charge in [-0.2, -0.15) is 13.2 Å². The smallest absolute Gasteiger partial charge is 0.351 e. The molecule has 2 heterocycles. The minimum atomic E-state index is -4.30. The van der Waals surface area contributed by atoms with Gasteiger partial charge in [-0.1, -0.05) is 19.8 Å². The molecule has 0 saturated heterocycles. The molecule has 3 rings (SSSR count). The maximum absolute atomic E-state index is 13.2. The molecule has 0 spiro atoms. The number of hydrogen-bond donors (Lipinski definition) is 1. The van der Waals surface area contributed by atoms with Crippen molar-refractivity contribution in [3.63, 3.8) is 0 Å². The van der Waals surface area contributed by atoms with Gasteiger partial charge < -0.3 is 9.88 Å². The first-order valence-corrected chi connectivity index (χ1v) is 8.68. The minimum absolute atomic E-state index is 0.0574. The Morgan fingerprint density at radius 1 is 1.25 bits per heavy atom. The highest BCUT2D eigenvalue weighted by Crippen LogP contribution is 2.41. The molecule has 1 aromatic rings. The van der Waals surface area contributed by atoms with Crippen LogP contribution in [0.25, 0.3) is 0 Å². The Morgan fingerprint density at radius 3 is 2.71 bits per heavy atom. The molecule has 0 aromatic carbocycles. The van der Waals surface area contributed by atoms with Crippen LogP contribution in [0.3, 0.4) is 0 Å². The predicted octanol–water partition coefficient (Wildman–Crippen LogP) is 2.64. The van der Waals surface area contributed by atoms with Crippen molar-refractivity contribution >= 4 is 5.91 Å². The van der Waals surface area contributed by atoms with Crippen LogP contribution in [0.5, 0.6) is 0 Å². The van der Waals surface area contributed by atoms with Gasteiger partial charge in [0.2, 0.25) is 5.91 Å². The van der Waals surface area contributed by atoms with Crippen molar-refractivity contribution in [3.8, 4) is 0 Å². The van der Waals surface area contributed by atoms with Crippen LogP contribution >= 0.6 is 0 Å². The number of alkyl halides is 3. The highest BCUT2D eigenvalue weighted by Gasteiger charge is 2.48. The Kier molecular flexibility index (Phi) is 4.83. The van der Waals surface area contributed by atoms with Crippen LogP contribution < -0.4 is 5.32 Å². The average molecular weight is 344 g/mol. The van der Waals surface area contributed by atoms with E-state index in [1.54, 1.807) is 0 Å². The molecule has 1 aliphatic heterocycles. The van der Waals surface area contributed by atoms with Gasteiger partial charge in [-0.25, -0.2) is 0 Å². The molecule has 5 nitrogen and oxygen atoms in total. The van der Waals surface area contributed by atoms with Gasteiger partial charge in [-0.3, -0.25) is 4.79 Å². The number of nitrogens with zero attached hydrogens (tertiary/aromatic N) is 3. The summed E-state index contributed by atoms with van der Waals surface area (Å²) in [6, 6.07) is -0.151. The molecular formula is C16H23F3N4O. The largest absolute Gasteiger partial charge is 0.392 e. The van der Waals surface area contributed by atoms with Crippen molar-refractivity contribution < 1.29 is 18.0 Å². The van der Waals surface area contributed by atoms with Gasteiger partial charge in [0.05, 0.1) is 5.92 Å². The van der Waals surface area contributed by atoms with Crippen LogP contribution in [0.15, 0.2) is 0 Å². The second kappa shape index (κ2) is 6.72. The zero-order chi connectivity index (χ0) is 17.3. The first-order chi connectivity index (χ1) is 11.4. The number of rotatable bonds is 3. The summed E-state index contributed by atoms with van der Waals surface area (Å²) in [6.45, 7) is 2.52. The Balaban J connectivity index is 1.66. The number of amides is 1. The molecule has 8 heteroatoms. The van der Waals surface area contributed by atoms with Crippen molar-refractivity contribution in [1.82, 2.24) is 20.1 Å². The molecule has 0 bridgehead atoms. The van der Waals surface area contributed by atoms with Gasteiger partial charge in [0, 0.05) is 31.3 Å². The molecule has 1 aromatic heterocycles. The van der Waals surface area contributed by atoms with Crippen molar-refractivity contribution in [2.45, 2.75) is 70.6 Å². The Hall–Kier alpha value is -1.60. The number of aryl methyl sites for hydroxylation is 2. The molecule has 1 aliphatic carbocycles. The maximum atomic E-state index is 13.2. The third-order valence-corrected chi connectivity index (χ3v) is 5.21. The lowest BCUT2D eigenvalue weighted by atomic mass is 9.78. The third-order valence-electron chi connectivity index (χ3n) is 5.21. The summed E-state index contributed by atoms with van der Waals surface area (Å²) in [4.78, 5) is 12.5. The molecule has 0 unspecified atom stereocenters. The summed E-state index contributed by atoms with van der Waals surface area (Å²) in [5, 5.41) is 11.1. The fraction of sp³-hybridized carbons (Fsp3) is 0.812. The van der Waals surface area contributed by atoms with Crippen LogP contribution in [-0.2, 0) is 24.2 Å².